The summed E-state index contributed by atoms with van der Waals surface area (Å²) >= 11 is 0. The molecule has 0 radical (unpaired) electrons. The van der Waals surface area contributed by atoms with E-state index in [0.717, 1.165) is 13.0 Å². The summed E-state index contributed by atoms with van der Waals surface area (Å²) in [5.41, 5.74) is 0. The van der Waals surface area contributed by atoms with Gasteiger partial charge in [0.25, 0.3) is 0 Å². The molecular formula is C8H19N2O5P. The molecule has 16 heavy (non-hydrogen) atoms. The zero-order valence-corrected chi connectivity index (χ0v) is 10.2. The Morgan fingerprint density at radius 1 is 1.44 bits per heavy atom. The third-order valence-electron chi connectivity index (χ3n) is 1.78. The second kappa shape index (κ2) is 9.89. The van der Waals surface area contributed by atoms with Crippen molar-refractivity contribution < 1.29 is 24.2 Å². The third kappa shape index (κ3) is 10.2. The molecule has 0 rings (SSSR count). The number of aliphatic carboxylic acids is 1. The molecule has 0 aromatic heterocycles. The van der Waals surface area contributed by atoms with E-state index < -0.39 is 14.6 Å². The van der Waals surface area contributed by atoms with E-state index in [2.05, 4.69) is 5.32 Å². The van der Waals surface area contributed by atoms with E-state index in [-0.39, 0.29) is 13.3 Å². The van der Waals surface area contributed by atoms with Gasteiger partial charge in [-0.3, -0.25) is 14.2 Å². The summed E-state index contributed by atoms with van der Waals surface area (Å²) in [4.78, 5) is 29.3. The molecule has 0 aliphatic rings. The summed E-state index contributed by atoms with van der Waals surface area (Å²) in [6, 6.07) is 0. The molecule has 0 saturated carbocycles. The van der Waals surface area contributed by atoms with Crippen molar-refractivity contribution in [2.75, 3.05) is 32.9 Å². The van der Waals surface area contributed by atoms with Crippen molar-refractivity contribution in [1.82, 2.24) is 10.2 Å². The van der Waals surface area contributed by atoms with Crippen LogP contribution in [0.3, 0.4) is 0 Å². The second-order valence-corrected chi connectivity index (χ2v) is 3.96. The standard InChI is InChI=1S/C8H19N2O5P/c1-2-4-10(7-15-16(13)14)5-3-9-6-8(11)12/h9,13-14H,2-7H2,1H3,(H,11,12). The summed E-state index contributed by atoms with van der Waals surface area (Å²) in [6.45, 7) is 3.94. The summed E-state index contributed by atoms with van der Waals surface area (Å²) in [7, 11) is -2.33. The topological polar surface area (TPSA) is 102 Å². The minimum Gasteiger partial charge on any atom is -0.480 e. The predicted octanol–water partition coefficient (Wildman–Crippen LogP) is -0.442. The van der Waals surface area contributed by atoms with Crippen LogP contribution in [0.2, 0.25) is 0 Å². The molecule has 0 saturated heterocycles. The zero-order chi connectivity index (χ0) is 12.4. The van der Waals surface area contributed by atoms with E-state index in [4.69, 9.17) is 19.4 Å². The van der Waals surface area contributed by atoms with Gasteiger partial charge < -0.3 is 20.2 Å². The Balaban J connectivity index is 3.62. The van der Waals surface area contributed by atoms with Gasteiger partial charge in [-0.25, -0.2) is 0 Å². The fourth-order valence-electron chi connectivity index (χ4n) is 1.12. The molecule has 0 spiro atoms. The van der Waals surface area contributed by atoms with Crippen molar-refractivity contribution in [2.24, 2.45) is 0 Å². The highest BCUT2D eigenvalue weighted by Crippen LogP contribution is 2.24. The number of hydrogen-bond donors (Lipinski definition) is 4. The lowest BCUT2D eigenvalue weighted by Crippen LogP contribution is -2.35. The average Bonchev–Trinajstić information content (AvgIpc) is 2.20. The number of nitrogens with one attached hydrogen (secondary N) is 1. The fraction of sp³-hybridized carbons (Fsp3) is 0.875. The largest absolute Gasteiger partial charge is 0.480 e. The van der Waals surface area contributed by atoms with E-state index in [9.17, 15) is 4.79 Å². The highest BCUT2D eigenvalue weighted by atomic mass is 31.2. The molecule has 96 valence electrons. The van der Waals surface area contributed by atoms with Gasteiger partial charge in [0.2, 0.25) is 0 Å². The van der Waals surface area contributed by atoms with E-state index in [0.29, 0.717) is 13.1 Å². The normalized spacial score (nSPS) is 11.3. The predicted molar refractivity (Wildman–Crippen MR) is 59.7 cm³/mol. The van der Waals surface area contributed by atoms with E-state index in [1.54, 1.807) is 0 Å². The number of carboxylic acids is 1. The SMILES string of the molecule is CCCN(CCNCC(=O)O)COP(O)O. The third-order valence-corrected chi connectivity index (χ3v) is 2.12. The average molecular weight is 254 g/mol. The summed E-state index contributed by atoms with van der Waals surface area (Å²) in [5, 5.41) is 11.1. The molecule has 0 atom stereocenters. The van der Waals surface area contributed by atoms with Crippen molar-refractivity contribution in [1.29, 1.82) is 0 Å². The zero-order valence-electron chi connectivity index (χ0n) is 9.30. The van der Waals surface area contributed by atoms with E-state index >= 15 is 0 Å². The molecule has 0 amide bonds. The molecule has 0 heterocycles. The first-order chi connectivity index (χ1) is 7.56. The van der Waals surface area contributed by atoms with Crippen molar-refractivity contribution in [3.63, 3.8) is 0 Å². The lowest BCUT2D eigenvalue weighted by molar-refractivity contribution is -0.135. The minimum atomic E-state index is -2.33. The van der Waals surface area contributed by atoms with Gasteiger partial charge >= 0.3 is 14.6 Å². The lowest BCUT2D eigenvalue weighted by atomic mass is 10.4. The fourth-order valence-corrected chi connectivity index (χ4v) is 1.39. The van der Waals surface area contributed by atoms with Gasteiger partial charge in [-0.05, 0) is 6.42 Å². The molecule has 8 heteroatoms. The maximum absolute atomic E-state index is 10.2. The Morgan fingerprint density at radius 3 is 2.62 bits per heavy atom. The van der Waals surface area contributed by atoms with Gasteiger partial charge in [0.15, 0.2) is 0 Å². The van der Waals surface area contributed by atoms with Crippen molar-refractivity contribution in [3.05, 3.63) is 0 Å². The number of carbonyl (C=O) groups is 1. The summed E-state index contributed by atoms with van der Waals surface area (Å²) in [5.74, 6) is -0.896. The highest BCUT2D eigenvalue weighted by molar-refractivity contribution is 7.39. The molecule has 0 unspecified atom stereocenters. The van der Waals surface area contributed by atoms with Gasteiger partial charge in [0.1, 0.15) is 6.73 Å². The molecule has 0 bridgehead atoms. The van der Waals surface area contributed by atoms with Gasteiger partial charge in [-0.15, -0.1) is 0 Å². The first-order valence-electron chi connectivity index (χ1n) is 5.02. The molecule has 0 aromatic carbocycles. The Kier molecular flexibility index (Phi) is 9.71. The Hall–Kier alpha value is -0.300. The van der Waals surface area contributed by atoms with Gasteiger partial charge in [0, 0.05) is 19.6 Å². The van der Waals surface area contributed by atoms with Crippen LogP contribution in [0.5, 0.6) is 0 Å². The minimum absolute atomic E-state index is 0.0759. The summed E-state index contributed by atoms with van der Waals surface area (Å²) < 4.78 is 4.69. The van der Waals surface area contributed by atoms with E-state index in [1.807, 2.05) is 11.8 Å². The van der Waals surface area contributed by atoms with Crippen molar-refractivity contribution in [3.8, 4) is 0 Å². The number of nitrogens with zero attached hydrogens (tertiary/aromatic N) is 1. The molecule has 0 aliphatic heterocycles. The van der Waals surface area contributed by atoms with E-state index in [1.165, 1.54) is 0 Å². The second-order valence-electron chi connectivity index (χ2n) is 3.20. The Morgan fingerprint density at radius 2 is 2.12 bits per heavy atom. The van der Waals surface area contributed by atoms with Crippen LogP contribution in [-0.2, 0) is 9.32 Å². The number of rotatable bonds is 10. The first-order valence-corrected chi connectivity index (χ1v) is 6.18. The highest BCUT2D eigenvalue weighted by Gasteiger charge is 2.07. The van der Waals surface area contributed by atoms with Gasteiger partial charge in [0.05, 0.1) is 6.54 Å². The Labute approximate surface area is 96.0 Å². The maximum atomic E-state index is 10.2. The van der Waals surface area contributed by atoms with Crippen LogP contribution >= 0.6 is 8.60 Å². The maximum Gasteiger partial charge on any atom is 0.328 e. The monoisotopic (exact) mass is 254 g/mol. The van der Waals surface area contributed by atoms with Crippen molar-refractivity contribution >= 4 is 14.6 Å². The summed E-state index contributed by atoms with van der Waals surface area (Å²) in [6.07, 6.45) is 0.914. The molecule has 0 fully saturated rings. The first kappa shape index (κ1) is 15.7. The number of carboxylic acid groups (broad SMARTS) is 1. The van der Waals surface area contributed by atoms with Crippen LogP contribution in [-0.4, -0.2) is 58.7 Å². The van der Waals surface area contributed by atoms with Crippen LogP contribution < -0.4 is 5.32 Å². The van der Waals surface area contributed by atoms with Crippen LogP contribution in [0.25, 0.3) is 0 Å². The molecule has 7 nitrogen and oxygen atoms in total. The smallest absolute Gasteiger partial charge is 0.328 e. The molecule has 0 aromatic rings. The van der Waals surface area contributed by atoms with Crippen LogP contribution in [0.1, 0.15) is 13.3 Å². The molecule has 0 aliphatic carbocycles. The van der Waals surface area contributed by atoms with Crippen LogP contribution in [0.4, 0.5) is 0 Å². The van der Waals surface area contributed by atoms with Gasteiger partial charge in [-0.2, -0.15) is 0 Å². The van der Waals surface area contributed by atoms with Crippen LogP contribution in [0.15, 0.2) is 0 Å². The molecular weight excluding hydrogens is 235 g/mol. The number of hydrogen-bond acceptors (Lipinski definition) is 6. The molecule has 4 N–H and O–H groups in total. The van der Waals surface area contributed by atoms with Crippen molar-refractivity contribution in [2.45, 2.75) is 13.3 Å². The lowest BCUT2D eigenvalue weighted by Gasteiger charge is -2.21. The van der Waals surface area contributed by atoms with Gasteiger partial charge in [-0.1, -0.05) is 6.92 Å². The quantitative estimate of drug-likeness (QED) is 0.238. The van der Waals surface area contributed by atoms with Crippen LogP contribution in [0, 0.1) is 0 Å². The Bertz CT molecular complexity index is 193.